The van der Waals surface area contributed by atoms with Gasteiger partial charge in [-0.25, -0.2) is 4.79 Å². The Bertz CT molecular complexity index is 306. The number of carboxylic acids is 1. The molecule has 2 atom stereocenters. The number of nitrogens with one attached hydrogen (secondary N) is 2. The molecule has 0 rings (SSSR count). The molecule has 118 valence electrons. The highest BCUT2D eigenvalue weighted by molar-refractivity contribution is 5.76. The van der Waals surface area contributed by atoms with Gasteiger partial charge in [0.15, 0.2) is 0 Å². The standard InChI is InChI=1S/C14H28N2O4/c1-6-20-8-12(10(4)5)16-14(19)15-11(9(2)3)7-13(17)18/h9-12H,6-8H2,1-5H3,(H,17,18)(H2,15,16,19). The molecule has 0 aromatic rings. The number of hydrogen-bond acceptors (Lipinski definition) is 3. The smallest absolute Gasteiger partial charge is 0.315 e. The van der Waals surface area contributed by atoms with Crippen LogP contribution in [0, 0.1) is 11.8 Å². The van der Waals surface area contributed by atoms with Crippen molar-refractivity contribution in [1.82, 2.24) is 10.6 Å². The number of hydrogen-bond donors (Lipinski definition) is 3. The average Bonchev–Trinajstić information content (AvgIpc) is 2.32. The van der Waals surface area contributed by atoms with E-state index in [0.717, 1.165) is 0 Å². The highest BCUT2D eigenvalue weighted by atomic mass is 16.5. The molecule has 0 radical (unpaired) electrons. The van der Waals surface area contributed by atoms with Gasteiger partial charge >= 0.3 is 12.0 Å². The van der Waals surface area contributed by atoms with Crippen LogP contribution in [-0.2, 0) is 9.53 Å². The molecule has 2 amide bonds. The molecule has 0 aliphatic carbocycles. The maximum atomic E-state index is 11.9. The van der Waals surface area contributed by atoms with Gasteiger partial charge in [0, 0.05) is 12.6 Å². The van der Waals surface area contributed by atoms with Crippen molar-refractivity contribution in [2.24, 2.45) is 11.8 Å². The predicted octanol–water partition coefficient (Wildman–Crippen LogP) is 1.85. The van der Waals surface area contributed by atoms with Gasteiger partial charge in [0.1, 0.15) is 0 Å². The number of amides is 2. The Balaban J connectivity index is 4.44. The van der Waals surface area contributed by atoms with Crippen LogP contribution in [0.15, 0.2) is 0 Å². The Kier molecular flexibility index (Phi) is 8.96. The second-order valence-electron chi connectivity index (χ2n) is 5.58. The van der Waals surface area contributed by atoms with Crippen molar-refractivity contribution in [1.29, 1.82) is 0 Å². The van der Waals surface area contributed by atoms with Gasteiger partial charge in [-0.15, -0.1) is 0 Å². The summed E-state index contributed by atoms with van der Waals surface area (Å²) in [5, 5.41) is 14.4. The van der Waals surface area contributed by atoms with Crippen LogP contribution >= 0.6 is 0 Å². The van der Waals surface area contributed by atoms with E-state index in [2.05, 4.69) is 10.6 Å². The largest absolute Gasteiger partial charge is 0.481 e. The fourth-order valence-electron chi connectivity index (χ4n) is 1.67. The van der Waals surface area contributed by atoms with Crippen LogP contribution in [-0.4, -0.2) is 42.4 Å². The van der Waals surface area contributed by atoms with Crippen LogP contribution in [0.3, 0.4) is 0 Å². The fraction of sp³-hybridized carbons (Fsp3) is 0.857. The molecule has 6 nitrogen and oxygen atoms in total. The van der Waals surface area contributed by atoms with Gasteiger partial charge in [0.25, 0.3) is 0 Å². The molecule has 0 aliphatic rings. The van der Waals surface area contributed by atoms with E-state index in [0.29, 0.717) is 13.2 Å². The van der Waals surface area contributed by atoms with Crippen LogP contribution in [0.4, 0.5) is 4.79 Å². The monoisotopic (exact) mass is 288 g/mol. The summed E-state index contributed by atoms with van der Waals surface area (Å²) in [6, 6.07) is -0.816. The number of carbonyl (C=O) groups excluding carboxylic acids is 1. The van der Waals surface area contributed by atoms with E-state index in [1.807, 2.05) is 34.6 Å². The van der Waals surface area contributed by atoms with Crippen molar-refractivity contribution in [3.63, 3.8) is 0 Å². The molecule has 0 aromatic heterocycles. The SMILES string of the molecule is CCOCC(NC(=O)NC(CC(=O)O)C(C)C)C(C)C. The lowest BCUT2D eigenvalue weighted by Crippen LogP contribution is -2.51. The lowest BCUT2D eigenvalue weighted by atomic mass is 10.0. The molecule has 0 spiro atoms. The summed E-state index contributed by atoms with van der Waals surface area (Å²) in [7, 11) is 0. The van der Waals surface area contributed by atoms with Crippen LogP contribution in [0.25, 0.3) is 0 Å². The second-order valence-corrected chi connectivity index (χ2v) is 5.58. The zero-order valence-electron chi connectivity index (χ0n) is 13.1. The van der Waals surface area contributed by atoms with Gasteiger partial charge in [-0.3, -0.25) is 4.79 Å². The van der Waals surface area contributed by atoms with Crippen molar-refractivity contribution in [3.8, 4) is 0 Å². The Hall–Kier alpha value is -1.30. The number of carboxylic acid groups (broad SMARTS) is 1. The zero-order valence-corrected chi connectivity index (χ0v) is 13.1. The number of rotatable bonds is 9. The molecule has 0 fully saturated rings. The average molecular weight is 288 g/mol. The van der Waals surface area contributed by atoms with Gasteiger partial charge in [0.2, 0.25) is 0 Å². The topological polar surface area (TPSA) is 87.7 Å². The maximum absolute atomic E-state index is 11.9. The summed E-state index contributed by atoms with van der Waals surface area (Å²) in [5.74, 6) is -0.621. The normalized spacial score (nSPS) is 14.2. The molecule has 0 saturated carbocycles. The summed E-state index contributed by atoms with van der Waals surface area (Å²) in [4.78, 5) is 22.7. The molecule has 2 unspecified atom stereocenters. The first kappa shape index (κ1) is 18.7. The van der Waals surface area contributed by atoms with Gasteiger partial charge in [0.05, 0.1) is 19.1 Å². The molecule has 0 bridgehead atoms. The van der Waals surface area contributed by atoms with E-state index in [-0.39, 0.29) is 36.4 Å². The first-order chi connectivity index (χ1) is 9.27. The van der Waals surface area contributed by atoms with Crippen LogP contribution in [0.2, 0.25) is 0 Å². The Morgan fingerprint density at radius 1 is 1.05 bits per heavy atom. The van der Waals surface area contributed by atoms with E-state index in [1.165, 1.54) is 0 Å². The Morgan fingerprint density at radius 3 is 1.95 bits per heavy atom. The van der Waals surface area contributed by atoms with Crippen LogP contribution in [0.5, 0.6) is 0 Å². The van der Waals surface area contributed by atoms with E-state index in [1.54, 1.807) is 0 Å². The fourth-order valence-corrected chi connectivity index (χ4v) is 1.67. The zero-order chi connectivity index (χ0) is 15.7. The third-order valence-electron chi connectivity index (χ3n) is 3.14. The molecule has 20 heavy (non-hydrogen) atoms. The summed E-state index contributed by atoms with van der Waals surface area (Å²) >= 11 is 0. The number of ether oxygens (including phenoxy) is 1. The highest BCUT2D eigenvalue weighted by Gasteiger charge is 2.22. The summed E-state index contributed by atoms with van der Waals surface area (Å²) in [6.07, 6.45) is -0.0805. The highest BCUT2D eigenvalue weighted by Crippen LogP contribution is 2.07. The summed E-state index contributed by atoms with van der Waals surface area (Å²) < 4.78 is 5.34. The molecule has 0 saturated heterocycles. The maximum Gasteiger partial charge on any atom is 0.315 e. The first-order valence-corrected chi connectivity index (χ1v) is 7.14. The Morgan fingerprint density at radius 2 is 1.55 bits per heavy atom. The third kappa shape index (κ3) is 7.99. The van der Waals surface area contributed by atoms with E-state index in [9.17, 15) is 9.59 Å². The second kappa shape index (κ2) is 9.58. The number of carbonyl (C=O) groups is 2. The van der Waals surface area contributed by atoms with Crippen LogP contribution in [0.1, 0.15) is 41.0 Å². The van der Waals surface area contributed by atoms with Gasteiger partial charge < -0.3 is 20.5 Å². The first-order valence-electron chi connectivity index (χ1n) is 7.14. The van der Waals surface area contributed by atoms with Crippen LogP contribution < -0.4 is 10.6 Å². The molecule has 0 aromatic carbocycles. The van der Waals surface area contributed by atoms with Gasteiger partial charge in [-0.05, 0) is 18.8 Å². The lowest BCUT2D eigenvalue weighted by molar-refractivity contribution is -0.137. The van der Waals surface area contributed by atoms with Gasteiger partial charge in [-0.2, -0.15) is 0 Å². The molecular formula is C14H28N2O4. The van der Waals surface area contributed by atoms with E-state index >= 15 is 0 Å². The number of urea groups is 1. The van der Waals surface area contributed by atoms with Crippen molar-refractivity contribution >= 4 is 12.0 Å². The molecule has 0 aliphatic heterocycles. The van der Waals surface area contributed by atoms with Crippen molar-refractivity contribution in [2.75, 3.05) is 13.2 Å². The van der Waals surface area contributed by atoms with E-state index in [4.69, 9.17) is 9.84 Å². The summed E-state index contributed by atoms with van der Waals surface area (Å²) in [6.45, 7) is 10.7. The summed E-state index contributed by atoms with van der Waals surface area (Å²) in [5.41, 5.74) is 0. The Labute approximate surface area is 121 Å². The van der Waals surface area contributed by atoms with E-state index < -0.39 is 5.97 Å². The molecule has 3 N–H and O–H groups in total. The molecular weight excluding hydrogens is 260 g/mol. The van der Waals surface area contributed by atoms with Gasteiger partial charge in [-0.1, -0.05) is 27.7 Å². The predicted molar refractivity (Wildman–Crippen MR) is 77.7 cm³/mol. The van der Waals surface area contributed by atoms with Crippen molar-refractivity contribution in [3.05, 3.63) is 0 Å². The number of aliphatic carboxylic acids is 1. The minimum atomic E-state index is -0.918. The molecule has 6 heteroatoms. The lowest BCUT2D eigenvalue weighted by Gasteiger charge is -2.25. The minimum absolute atomic E-state index is 0.0567. The van der Waals surface area contributed by atoms with Crippen molar-refractivity contribution in [2.45, 2.75) is 53.1 Å². The molecule has 0 heterocycles. The third-order valence-corrected chi connectivity index (χ3v) is 3.14. The minimum Gasteiger partial charge on any atom is -0.481 e. The quantitative estimate of drug-likeness (QED) is 0.604. The van der Waals surface area contributed by atoms with Crippen molar-refractivity contribution < 1.29 is 19.4 Å².